The fraction of sp³-hybridized carbons (Fsp3) is 1.00. The molecule has 0 aromatic heterocycles. The summed E-state index contributed by atoms with van der Waals surface area (Å²) in [4.78, 5) is 2.61. The highest BCUT2D eigenvalue weighted by Gasteiger charge is 2.32. The molecule has 3 nitrogen and oxygen atoms in total. The molecular formula is C15H30N2O. The van der Waals surface area contributed by atoms with Crippen molar-refractivity contribution in [1.82, 2.24) is 4.90 Å². The summed E-state index contributed by atoms with van der Waals surface area (Å²) in [7, 11) is 1.84. The minimum absolute atomic E-state index is 0.425. The summed E-state index contributed by atoms with van der Waals surface area (Å²) >= 11 is 0. The van der Waals surface area contributed by atoms with Gasteiger partial charge in [0.05, 0.1) is 6.10 Å². The van der Waals surface area contributed by atoms with Gasteiger partial charge in [-0.05, 0) is 44.1 Å². The Morgan fingerprint density at radius 2 is 2.11 bits per heavy atom. The van der Waals surface area contributed by atoms with Crippen LogP contribution in [0.5, 0.6) is 0 Å². The molecule has 4 unspecified atom stereocenters. The fourth-order valence-corrected chi connectivity index (χ4v) is 3.93. The summed E-state index contributed by atoms with van der Waals surface area (Å²) < 4.78 is 5.54. The average molecular weight is 254 g/mol. The van der Waals surface area contributed by atoms with E-state index >= 15 is 0 Å². The van der Waals surface area contributed by atoms with Crippen LogP contribution in [0.25, 0.3) is 0 Å². The summed E-state index contributed by atoms with van der Waals surface area (Å²) in [6, 6.07) is 0.589. The Kier molecular flexibility index (Phi) is 5.46. The van der Waals surface area contributed by atoms with Gasteiger partial charge in [0.1, 0.15) is 0 Å². The lowest BCUT2D eigenvalue weighted by molar-refractivity contribution is -0.00179. The first-order valence-electron chi connectivity index (χ1n) is 7.71. The lowest BCUT2D eigenvalue weighted by Crippen LogP contribution is -2.52. The maximum Gasteiger partial charge on any atom is 0.0698 e. The van der Waals surface area contributed by atoms with E-state index in [0.717, 1.165) is 24.9 Å². The van der Waals surface area contributed by atoms with Crippen molar-refractivity contribution in [3.63, 3.8) is 0 Å². The van der Waals surface area contributed by atoms with E-state index in [-0.39, 0.29) is 0 Å². The molecule has 18 heavy (non-hydrogen) atoms. The van der Waals surface area contributed by atoms with Gasteiger partial charge in [-0.15, -0.1) is 0 Å². The van der Waals surface area contributed by atoms with Crippen LogP contribution in [0.15, 0.2) is 0 Å². The monoisotopic (exact) mass is 254 g/mol. The van der Waals surface area contributed by atoms with E-state index in [1.165, 1.54) is 45.1 Å². The number of likely N-dealkylation sites (tertiary alicyclic amines) is 1. The van der Waals surface area contributed by atoms with E-state index in [0.29, 0.717) is 12.1 Å². The van der Waals surface area contributed by atoms with E-state index in [9.17, 15) is 0 Å². The first kappa shape index (κ1) is 14.3. The quantitative estimate of drug-likeness (QED) is 0.836. The molecule has 0 bridgehead atoms. The topological polar surface area (TPSA) is 38.5 Å². The summed E-state index contributed by atoms with van der Waals surface area (Å²) in [6.07, 6.45) is 8.45. The summed E-state index contributed by atoms with van der Waals surface area (Å²) in [6.45, 7) is 5.51. The second kappa shape index (κ2) is 6.88. The first-order chi connectivity index (χ1) is 8.74. The molecule has 2 N–H and O–H groups in total. The van der Waals surface area contributed by atoms with Crippen LogP contribution in [0.4, 0.5) is 0 Å². The zero-order valence-electron chi connectivity index (χ0n) is 12.1. The zero-order valence-corrected chi connectivity index (χ0v) is 12.1. The van der Waals surface area contributed by atoms with Crippen molar-refractivity contribution >= 4 is 0 Å². The molecule has 4 atom stereocenters. The Balaban J connectivity index is 1.94. The normalized spacial score (nSPS) is 36.5. The molecule has 1 saturated carbocycles. The number of hydrogen-bond donors (Lipinski definition) is 1. The number of piperidine rings is 1. The lowest BCUT2D eigenvalue weighted by Gasteiger charge is -2.43. The molecule has 0 aromatic carbocycles. The van der Waals surface area contributed by atoms with Crippen LogP contribution in [0.2, 0.25) is 0 Å². The van der Waals surface area contributed by atoms with Gasteiger partial charge in [-0.1, -0.05) is 19.8 Å². The van der Waals surface area contributed by atoms with Crippen molar-refractivity contribution in [1.29, 1.82) is 0 Å². The smallest absolute Gasteiger partial charge is 0.0698 e. The minimum atomic E-state index is 0.425. The van der Waals surface area contributed by atoms with Gasteiger partial charge < -0.3 is 10.5 Å². The van der Waals surface area contributed by atoms with Gasteiger partial charge in [-0.25, -0.2) is 0 Å². The summed E-state index contributed by atoms with van der Waals surface area (Å²) in [5.41, 5.74) is 6.08. The van der Waals surface area contributed by atoms with Gasteiger partial charge >= 0.3 is 0 Å². The SMILES string of the molecule is COC1CCCN(C(CN)C2CCCC(C)C2)C1. The fourth-order valence-electron chi connectivity index (χ4n) is 3.93. The molecule has 2 aliphatic rings. The van der Waals surface area contributed by atoms with Crippen LogP contribution < -0.4 is 5.73 Å². The van der Waals surface area contributed by atoms with Crippen LogP contribution in [-0.2, 0) is 4.74 Å². The van der Waals surface area contributed by atoms with E-state index in [2.05, 4.69) is 11.8 Å². The van der Waals surface area contributed by atoms with Gasteiger partial charge in [-0.3, -0.25) is 4.90 Å². The molecular weight excluding hydrogens is 224 g/mol. The van der Waals surface area contributed by atoms with Crippen LogP contribution in [0.3, 0.4) is 0 Å². The Morgan fingerprint density at radius 3 is 2.78 bits per heavy atom. The molecule has 1 heterocycles. The molecule has 1 aliphatic carbocycles. The number of ether oxygens (including phenoxy) is 1. The molecule has 0 aromatic rings. The highest BCUT2D eigenvalue weighted by molar-refractivity contribution is 4.87. The molecule has 2 rings (SSSR count). The molecule has 3 heteroatoms. The van der Waals surface area contributed by atoms with Crippen molar-refractivity contribution in [3.8, 4) is 0 Å². The van der Waals surface area contributed by atoms with Crippen molar-refractivity contribution in [2.75, 3.05) is 26.7 Å². The molecule has 0 radical (unpaired) electrons. The van der Waals surface area contributed by atoms with Gasteiger partial charge in [0.2, 0.25) is 0 Å². The van der Waals surface area contributed by atoms with Gasteiger partial charge in [0.25, 0.3) is 0 Å². The van der Waals surface area contributed by atoms with E-state index < -0.39 is 0 Å². The third kappa shape index (κ3) is 3.46. The Bertz CT molecular complexity index is 247. The van der Waals surface area contributed by atoms with Gasteiger partial charge in [0, 0.05) is 26.2 Å². The van der Waals surface area contributed by atoms with Crippen molar-refractivity contribution in [2.45, 2.75) is 57.6 Å². The van der Waals surface area contributed by atoms with E-state index in [1.54, 1.807) is 0 Å². The molecule has 2 fully saturated rings. The Labute approximate surface area is 112 Å². The minimum Gasteiger partial charge on any atom is -0.380 e. The Hall–Kier alpha value is -0.120. The van der Waals surface area contributed by atoms with Crippen LogP contribution in [0.1, 0.15) is 45.4 Å². The van der Waals surface area contributed by atoms with E-state index in [4.69, 9.17) is 10.5 Å². The average Bonchev–Trinajstić information content (AvgIpc) is 2.40. The molecule has 106 valence electrons. The van der Waals surface area contributed by atoms with Crippen molar-refractivity contribution in [2.24, 2.45) is 17.6 Å². The third-order valence-corrected chi connectivity index (χ3v) is 4.97. The largest absolute Gasteiger partial charge is 0.380 e. The number of rotatable bonds is 4. The summed E-state index contributed by atoms with van der Waals surface area (Å²) in [5, 5.41) is 0. The van der Waals surface area contributed by atoms with Crippen LogP contribution in [0, 0.1) is 11.8 Å². The zero-order chi connectivity index (χ0) is 13.0. The van der Waals surface area contributed by atoms with Crippen LogP contribution in [-0.4, -0.2) is 43.8 Å². The van der Waals surface area contributed by atoms with Gasteiger partial charge in [-0.2, -0.15) is 0 Å². The standard InChI is InChI=1S/C15H30N2O/c1-12-5-3-6-13(9-12)15(10-16)17-8-4-7-14(11-17)18-2/h12-15H,3-11,16H2,1-2H3. The molecule has 1 saturated heterocycles. The second-order valence-corrected chi connectivity index (χ2v) is 6.33. The number of hydrogen-bond acceptors (Lipinski definition) is 3. The predicted molar refractivity (Wildman–Crippen MR) is 75.6 cm³/mol. The van der Waals surface area contributed by atoms with Crippen molar-refractivity contribution in [3.05, 3.63) is 0 Å². The van der Waals surface area contributed by atoms with E-state index in [1.807, 2.05) is 7.11 Å². The second-order valence-electron chi connectivity index (χ2n) is 6.33. The predicted octanol–water partition coefficient (Wildman–Crippen LogP) is 2.25. The van der Waals surface area contributed by atoms with Gasteiger partial charge in [0.15, 0.2) is 0 Å². The van der Waals surface area contributed by atoms with Crippen LogP contribution >= 0.6 is 0 Å². The molecule has 0 spiro atoms. The summed E-state index contributed by atoms with van der Waals surface area (Å²) in [5.74, 6) is 1.70. The molecule has 0 amide bonds. The Morgan fingerprint density at radius 1 is 1.28 bits per heavy atom. The maximum absolute atomic E-state index is 6.08. The molecule has 1 aliphatic heterocycles. The highest BCUT2D eigenvalue weighted by Crippen LogP contribution is 2.33. The lowest BCUT2D eigenvalue weighted by atomic mass is 9.77. The first-order valence-corrected chi connectivity index (χ1v) is 7.71. The van der Waals surface area contributed by atoms with Crippen molar-refractivity contribution < 1.29 is 4.74 Å². The number of nitrogens with two attached hydrogens (primary N) is 1. The third-order valence-electron chi connectivity index (χ3n) is 4.97. The number of nitrogens with zero attached hydrogens (tertiary/aromatic N) is 1. The highest BCUT2D eigenvalue weighted by atomic mass is 16.5. The maximum atomic E-state index is 6.08. The number of methoxy groups -OCH3 is 1.